The van der Waals surface area contributed by atoms with E-state index in [9.17, 15) is 0 Å². The minimum Gasteiger partial charge on any atom is -0.329 e. The van der Waals surface area contributed by atoms with Crippen LogP contribution < -0.4 is 5.73 Å². The van der Waals surface area contributed by atoms with E-state index in [-0.39, 0.29) is 6.04 Å². The largest absolute Gasteiger partial charge is 0.329 e. The lowest BCUT2D eigenvalue weighted by Gasteiger charge is -2.32. The van der Waals surface area contributed by atoms with Crippen molar-refractivity contribution in [3.8, 4) is 0 Å². The minimum atomic E-state index is 0.264. The molecule has 0 aliphatic heterocycles. The second-order valence-corrected chi connectivity index (χ2v) is 6.33. The Morgan fingerprint density at radius 3 is 2.53 bits per heavy atom. The summed E-state index contributed by atoms with van der Waals surface area (Å²) < 4.78 is 0. The zero-order valence-corrected chi connectivity index (χ0v) is 12.7. The van der Waals surface area contributed by atoms with Gasteiger partial charge in [0.25, 0.3) is 0 Å². The third-order valence-corrected chi connectivity index (χ3v) is 4.21. The Balaban J connectivity index is 2.15. The molecule has 0 spiro atoms. The lowest BCUT2D eigenvalue weighted by Crippen LogP contribution is -2.36. The lowest BCUT2D eigenvalue weighted by molar-refractivity contribution is 0.181. The summed E-state index contributed by atoms with van der Waals surface area (Å²) in [6.45, 7) is 6.31. The van der Waals surface area contributed by atoms with Gasteiger partial charge in [0.2, 0.25) is 0 Å². The number of hydrogen-bond acceptors (Lipinski definition) is 2. The van der Waals surface area contributed by atoms with Gasteiger partial charge in [0.05, 0.1) is 0 Å². The maximum absolute atomic E-state index is 6.35. The predicted octanol–water partition coefficient (Wildman–Crippen LogP) is 3.85. The fraction of sp³-hybridized carbons (Fsp3) is 0.625. The van der Waals surface area contributed by atoms with E-state index in [1.54, 1.807) is 0 Å². The molecular weight excluding hydrogens is 256 g/mol. The SMILES string of the molecule is CC(C)CCN(C1CC1)C(CN)c1ccccc1Cl. The second kappa shape index (κ2) is 6.74. The summed E-state index contributed by atoms with van der Waals surface area (Å²) in [7, 11) is 0. The van der Waals surface area contributed by atoms with E-state index in [0.29, 0.717) is 12.6 Å². The minimum absolute atomic E-state index is 0.264. The van der Waals surface area contributed by atoms with Gasteiger partial charge < -0.3 is 5.73 Å². The van der Waals surface area contributed by atoms with Crippen LogP contribution in [0.25, 0.3) is 0 Å². The van der Waals surface area contributed by atoms with Gasteiger partial charge in [-0.1, -0.05) is 43.6 Å². The molecule has 0 amide bonds. The normalized spacial score (nSPS) is 17.2. The molecule has 2 rings (SSSR count). The van der Waals surface area contributed by atoms with E-state index in [1.165, 1.54) is 24.8 Å². The predicted molar refractivity (Wildman–Crippen MR) is 82.4 cm³/mol. The number of nitrogens with zero attached hydrogens (tertiary/aromatic N) is 1. The monoisotopic (exact) mass is 280 g/mol. The van der Waals surface area contributed by atoms with Gasteiger partial charge in [0.1, 0.15) is 0 Å². The average Bonchev–Trinajstić information content (AvgIpc) is 3.20. The molecule has 0 heterocycles. The van der Waals surface area contributed by atoms with Crippen molar-refractivity contribution in [1.82, 2.24) is 4.90 Å². The molecule has 106 valence electrons. The lowest BCUT2D eigenvalue weighted by atomic mass is 10.0. The van der Waals surface area contributed by atoms with Gasteiger partial charge in [-0.05, 0) is 43.4 Å². The number of hydrogen-bond donors (Lipinski definition) is 1. The van der Waals surface area contributed by atoms with E-state index in [4.69, 9.17) is 17.3 Å². The van der Waals surface area contributed by atoms with Crippen LogP contribution in [-0.2, 0) is 0 Å². The van der Waals surface area contributed by atoms with E-state index in [2.05, 4.69) is 30.9 Å². The Kier molecular flexibility index (Phi) is 5.26. The molecule has 0 saturated heterocycles. The molecule has 1 aromatic carbocycles. The quantitative estimate of drug-likeness (QED) is 0.822. The maximum Gasteiger partial charge on any atom is 0.0488 e. The van der Waals surface area contributed by atoms with Gasteiger partial charge in [-0.3, -0.25) is 4.90 Å². The first-order chi connectivity index (χ1) is 9.13. The van der Waals surface area contributed by atoms with Crippen LogP contribution in [0.1, 0.15) is 44.7 Å². The van der Waals surface area contributed by atoms with E-state index < -0.39 is 0 Å². The van der Waals surface area contributed by atoms with Gasteiger partial charge >= 0.3 is 0 Å². The van der Waals surface area contributed by atoms with E-state index in [0.717, 1.165) is 17.5 Å². The van der Waals surface area contributed by atoms with Crippen LogP contribution in [0.2, 0.25) is 5.02 Å². The number of rotatable bonds is 7. The summed E-state index contributed by atoms with van der Waals surface area (Å²) in [4.78, 5) is 2.57. The zero-order chi connectivity index (χ0) is 13.8. The Hall–Kier alpha value is -0.570. The molecule has 1 fully saturated rings. The van der Waals surface area contributed by atoms with Crippen molar-refractivity contribution < 1.29 is 0 Å². The molecule has 0 radical (unpaired) electrons. The molecule has 1 aliphatic carbocycles. The van der Waals surface area contributed by atoms with Crippen LogP contribution in [0.15, 0.2) is 24.3 Å². The van der Waals surface area contributed by atoms with Gasteiger partial charge in [0, 0.05) is 23.7 Å². The Morgan fingerprint density at radius 1 is 1.32 bits per heavy atom. The summed E-state index contributed by atoms with van der Waals surface area (Å²) in [5.41, 5.74) is 7.23. The van der Waals surface area contributed by atoms with Crippen LogP contribution in [0.5, 0.6) is 0 Å². The molecule has 3 heteroatoms. The molecule has 19 heavy (non-hydrogen) atoms. The highest BCUT2D eigenvalue weighted by molar-refractivity contribution is 6.31. The summed E-state index contributed by atoms with van der Waals surface area (Å²) in [5.74, 6) is 0.728. The van der Waals surface area contributed by atoms with Crippen molar-refractivity contribution in [3.63, 3.8) is 0 Å². The van der Waals surface area contributed by atoms with Crippen molar-refractivity contribution >= 4 is 11.6 Å². The van der Waals surface area contributed by atoms with Crippen LogP contribution in [0.4, 0.5) is 0 Å². The summed E-state index contributed by atoms with van der Waals surface area (Å²) in [6.07, 6.45) is 3.83. The molecule has 2 nitrogen and oxygen atoms in total. The fourth-order valence-corrected chi connectivity index (χ4v) is 2.85. The average molecular weight is 281 g/mol. The summed E-state index contributed by atoms with van der Waals surface area (Å²) in [6, 6.07) is 9.09. The number of halogens is 1. The Morgan fingerprint density at radius 2 is 2.00 bits per heavy atom. The highest BCUT2D eigenvalue weighted by Crippen LogP contribution is 2.36. The molecule has 2 N–H and O–H groups in total. The van der Waals surface area contributed by atoms with Crippen molar-refractivity contribution in [3.05, 3.63) is 34.9 Å². The van der Waals surface area contributed by atoms with Gasteiger partial charge in [-0.15, -0.1) is 0 Å². The molecule has 0 bridgehead atoms. The highest BCUT2D eigenvalue weighted by Gasteiger charge is 2.34. The van der Waals surface area contributed by atoms with E-state index in [1.807, 2.05) is 12.1 Å². The van der Waals surface area contributed by atoms with Gasteiger partial charge in [0.15, 0.2) is 0 Å². The second-order valence-electron chi connectivity index (χ2n) is 5.92. The third-order valence-electron chi connectivity index (χ3n) is 3.87. The Bertz CT molecular complexity index is 401. The van der Waals surface area contributed by atoms with Crippen molar-refractivity contribution in [2.45, 2.75) is 45.2 Å². The van der Waals surface area contributed by atoms with Crippen molar-refractivity contribution in [2.75, 3.05) is 13.1 Å². The summed E-state index contributed by atoms with van der Waals surface area (Å²) in [5, 5.41) is 0.841. The first-order valence-electron chi connectivity index (χ1n) is 7.33. The molecule has 1 aliphatic rings. The molecular formula is C16H25ClN2. The van der Waals surface area contributed by atoms with E-state index >= 15 is 0 Å². The molecule has 1 unspecified atom stereocenters. The first-order valence-corrected chi connectivity index (χ1v) is 7.71. The van der Waals surface area contributed by atoms with Gasteiger partial charge in [-0.25, -0.2) is 0 Å². The molecule has 1 aromatic rings. The maximum atomic E-state index is 6.35. The third kappa shape index (κ3) is 3.95. The molecule has 0 aromatic heterocycles. The highest BCUT2D eigenvalue weighted by atomic mass is 35.5. The first kappa shape index (κ1) is 14.8. The Labute approximate surface area is 121 Å². The molecule has 1 atom stereocenters. The summed E-state index contributed by atoms with van der Waals surface area (Å²) >= 11 is 6.35. The van der Waals surface area contributed by atoms with Crippen LogP contribution in [0, 0.1) is 5.92 Å². The van der Waals surface area contributed by atoms with Crippen LogP contribution in [-0.4, -0.2) is 24.0 Å². The number of benzene rings is 1. The van der Waals surface area contributed by atoms with Crippen LogP contribution >= 0.6 is 11.6 Å². The van der Waals surface area contributed by atoms with Crippen LogP contribution in [0.3, 0.4) is 0 Å². The molecule has 1 saturated carbocycles. The zero-order valence-electron chi connectivity index (χ0n) is 12.0. The van der Waals surface area contributed by atoms with Crippen molar-refractivity contribution in [2.24, 2.45) is 11.7 Å². The number of nitrogens with two attached hydrogens (primary N) is 1. The standard InChI is InChI=1S/C16H25ClN2/c1-12(2)9-10-19(13-7-8-13)16(11-18)14-5-3-4-6-15(14)17/h3-6,12-13,16H,7-11,18H2,1-2H3. The topological polar surface area (TPSA) is 29.3 Å². The smallest absolute Gasteiger partial charge is 0.0488 e. The van der Waals surface area contributed by atoms with Gasteiger partial charge in [-0.2, -0.15) is 0 Å². The van der Waals surface area contributed by atoms with Crippen molar-refractivity contribution in [1.29, 1.82) is 0 Å². The fourth-order valence-electron chi connectivity index (χ4n) is 2.59.